The molecule has 0 radical (unpaired) electrons. The van der Waals surface area contributed by atoms with Gasteiger partial charge >= 0.3 is 0 Å². The number of hydrogen-bond acceptors (Lipinski definition) is 2. The first kappa shape index (κ1) is 16.1. The Hall–Kier alpha value is -1.27. The SMILES string of the molecule is Cc1ncc(CNC(C)C)n1Cc1c(F)ccc(Br)c1F. The molecule has 2 aromatic rings. The number of halogens is 3. The van der Waals surface area contributed by atoms with E-state index in [1.165, 1.54) is 12.1 Å². The van der Waals surface area contributed by atoms with Crippen LogP contribution in [0.5, 0.6) is 0 Å². The van der Waals surface area contributed by atoms with E-state index in [-0.39, 0.29) is 16.6 Å². The van der Waals surface area contributed by atoms with Crippen LogP contribution in [0.3, 0.4) is 0 Å². The van der Waals surface area contributed by atoms with Crippen molar-refractivity contribution < 1.29 is 8.78 Å². The lowest BCUT2D eigenvalue weighted by atomic mass is 10.2. The van der Waals surface area contributed by atoms with Crippen molar-refractivity contribution in [3.05, 3.63) is 51.5 Å². The minimum absolute atomic E-state index is 0.0382. The molecule has 0 bridgehead atoms. The molecule has 0 amide bonds. The van der Waals surface area contributed by atoms with Gasteiger partial charge < -0.3 is 9.88 Å². The van der Waals surface area contributed by atoms with Gasteiger partial charge in [-0.25, -0.2) is 13.8 Å². The van der Waals surface area contributed by atoms with Gasteiger partial charge in [-0.3, -0.25) is 0 Å². The molecule has 0 unspecified atom stereocenters. The Morgan fingerprint density at radius 2 is 2.05 bits per heavy atom. The fourth-order valence-electron chi connectivity index (χ4n) is 2.05. The summed E-state index contributed by atoms with van der Waals surface area (Å²) in [6.45, 7) is 6.64. The standard InChI is InChI=1S/C15H18BrF2N3/c1-9(2)19-6-11-7-20-10(3)21(11)8-12-14(17)5-4-13(16)15(12)18/h4-5,7,9,19H,6,8H2,1-3H3. The fraction of sp³-hybridized carbons (Fsp3) is 0.400. The predicted octanol–water partition coefficient (Wildman–Crippen LogP) is 3.78. The van der Waals surface area contributed by atoms with Crippen LogP contribution < -0.4 is 5.32 Å². The van der Waals surface area contributed by atoms with Gasteiger partial charge in [-0.15, -0.1) is 0 Å². The Balaban J connectivity index is 2.32. The predicted molar refractivity (Wildman–Crippen MR) is 82.1 cm³/mol. The molecule has 0 aliphatic carbocycles. The van der Waals surface area contributed by atoms with E-state index in [4.69, 9.17) is 0 Å². The smallest absolute Gasteiger partial charge is 0.145 e. The van der Waals surface area contributed by atoms with Crippen molar-refractivity contribution in [1.82, 2.24) is 14.9 Å². The molecule has 1 heterocycles. The molecular formula is C15H18BrF2N3. The summed E-state index contributed by atoms with van der Waals surface area (Å²) in [6.07, 6.45) is 1.73. The lowest BCUT2D eigenvalue weighted by Crippen LogP contribution is -2.24. The summed E-state index contributed by atoms with van der Waals surface area (Å²) in [5.41, 5.74) is 0.941. The van der Waals surface area contributed by atoms with Crippen LogP contribution in [-0.4, -0.2) is 15.6 Å². The maximum atomic E-state index is 14.1. The van der Waals surface area contributed by atoms with Crippen LogP contribution in [0.15, 0.2) is 22.8 Å². The highest BCUT2D eigenvalue weighted by Crippen LogP contribution is 2.23. The Morgan fingerprint density at radius 3 is 2.71 bits per heavy atom. The van der Waals surface area contributed by atoms with Gasteiger partial charge in [0.1, 0.15) is 17.5 Å². The lowest BCUT2D eigenvalue weighted by Gasteiger charge is -2.14. The number of nitrogens with one attached hydrogen (secondary N) is 1. The summed E-state index contributed by atoms with van der Waals surface area (Å²) in [5.74, 6) is -0.383. The monoisotopic (exact) mass is 357 g/mol. The first-order chi connectivity index (χ1) is 9.90. The van der Waals surface area contributed by atoms with Crippen LogP contribution in [0, 0.1) is 18.6 Å². The molecule has 0 fully saturated rings. The average molecular weight is 358 g/mol. The highest BCUT2D eigenvalue weighted by atomic mass is 79.9. The van der Waals surface area contributed by atoms with E-state index in [0.717, 1.165) is 11.5 Å². The molecule has 1 N–H and O–H groups in total. The van der Waals surface area contributed by atoms with Gasteiger partial charge in [-0.2, -0.15) is 0 Å². The number of benzene rings is 1. The second kappa shape index (κ2) is 6.66. The molecule has 6 heteroatoms. The second-order valence-electron chi connectivity index (χ2n) is 5.24. The zero-order chi connectivity index (χ0) is 15.6. The molecular weight excluding hydrogens is 340 g/mol. The fourth-order valence-corrected chi connectivity index (χ4v) is 2.42. The van der Waals surface area contributed by atoms with E-state index >= 15 is 0 Å². The van der Waals surface area contributed by atoms with Crippen molar-refractivity contribution in [3.63, 3.8) is 0 Å². The number of rotatable bonds is 5. The van der Waals surface area contributed by atoms with Crippen molar-refractivity contribution >= 4 is 15.9 Å². The molecule has 1 aromatic heterocycles. The Labute approximate surface area is 131 Å². The topological polar surface area (TPSA) is 29.9 Å². The Morgan fingerprint density at radius 1 is 1.33 bits per heavy atom. The lowest BCUT2D eigenvalue weighted by molar-refractivity contribution is 0.524. The molecule has 3 nitrogen and oxygen atoms in total. The third kappa shape index (κ3) is 3.68. The van der Waals surface area contributed by atoms with Crippen LogP contribution in [-0.2, 0) is 13.1 Å². The number of nitrogens with zero attached hydrogens (tertiary/aromatic N) is 2. The molecule has 0 atom stereocenters. The molecule has 0 spiro atoms. The van der Waals surface area contributed by atoms with E-state index in [2.05, 4.69) is 26.2 Å². The van der Waals surface area contributed by atoms with Gasteiger partial charge in [0.25, 0.3) is 0 Å². The van der Waals surface area contributed by atoms with E-state index in [9.17, 15) is 8.78 Å². The van der Waals surface area contributed by atoms with Crippen molar-refractivity contribution in [2.24, 2.45) is 0 Å². The second-order valence-corrected chi connectivity index (χ2v) is 6.09. The zero-order valence-corrected chi connectivity index (χ0v) is 13.8. The largest absolute Gasteiger partial charge is 0.326 e. The Kier molecular flexibility index (Phi) is 5.11. The van der Waals surface area contributed by atoms with E-state index in [0.29, 0.717) is 12.6 Å². The average Bonchev–Trinajstić information content (AvgIpc) is 2.77. The van der Waals surface area contributed by atoms with Gasteiger partial charge in [-0.1, -0.05) is 13.8 Å². The third-order valence-corrected chi connectivity index (χ3v) is 3.90. The normalized spacial score (nSPS) is 11.4. The van der Waals surface area contributed by atoms with Crippen molar-refractivity contribution in [2.75, 3.05) is 0 Å². The summed E-state index contributed by atoms with van der Waals surface area (Å²) in [4.78, 5) is 4.24. The maximum absolute atomic E-state index is 14.1. The van der Waals surface area contributed by atoms with Gasteiger partial charge in [0.2, 0.25) is 0 Å². The quantitative estimate of drug-likeness (QED) is 0.825. The van der Waals surface area contributed by atoms with Gasteiger partial charge in [0.15, 0.2) is 0 Å². The Bertz CT molecular complexity index is 638. The molecule has 0 saturated heterocycles. The summed E-state index contributed by atoms with van der Waals surface area (Å²) in [7, 11) is 0. The molecule has 114 valence electrons. The summed E-state index contributed by atoms with van der Waals surface area (Å²) >= 11 is 3.09. The van der Waals surface area contributed by atoms with Gasteiger partial charge in [0.05, 0.1) is 16.7 Å². The summed E-state index contributed by atoms with van der Waals surface area (Å²) < 4.78 is 30.1. The van der Waals surface area contributed by atoms with Crippen LogP contribution in [0.1, 0.15) is 30.9 Å². The van der Waals surface area contributed by atoms with E-state index < -0.39 is 11.6 Å². The third-order valence-electron chi connectivity index (χ3n) is 3.28. The summed E-state index contributed by atoms with van der Waals surface area (Å²) in [6, 6.07) is 2.96. The maximum Gasteiger partial charge on any atom is 0.145 e. The molecule has 1 aromatic carbocycles. The first-order valence-electron chi connectivity index (χ1n) is 6.77. The molecule has 0 aliphatic rings. The van der Waals surface area contributed by atoms with E-state index in [1.807, 2.05) is 25.3 Å². The van der Waals surface area contributed by atoms with Crippen molar-refractivity contribution in [3.8, 4) is 0 Å². The van der Waals surface area contributed by atoms with Crippen LogP contribution in [0.25, 0.3) is 0 Å². The number of hydrogen-bond donors (Lipinski definition) is 1. The number of aryl methyl sites for hydroxylation is 1. The number of imidazole rings is 1. The van der Waals surface area contributed by atoms with Crippen molar-refractivity contribution in [1.29, 1.82) is 0 Å². The van der Waals surface area contributed by atoms with Crippen molar-refractivity contribution in [2.45, 2.75) is 39.9 Å². The van der Waals surface area contributed by atoms with Gasteiger partial charge in [0, 0.05) is 24.3 Å². The minimum atomic E-state index is -0.564. The first-order valence-corrected chi connectivity index (χ1v) is 7.56. The molecule has 21 heavy (non-hydrogen) atoms. The molecule has 0 aliphatic heterocycles. The summed E-state index contributed by atoms with van der Waals surface area (Å²) in [5, 5.41) is 3.28. The van der Waals surface area contributed by atoms with Crippen LogP contribution >= 0.6 is 15.9 Å². The van der Waals surface area contributed by atoms with E-state index in [1.54, 1.807) is 6.20 Å². The van der Waals surface area contributed by atoms with Crippen LogP contribution in [0.2, 0.25) is 0 Å². The number of aromatic nitrogens is 2. The van der Waals surface area contributed by atoms with Crippen LogP contribution in [0.4, 0.5) is 8.78 Å². The van der Waals surface area contributed by atoms with Gasteiger partial charge in [-0.05, 0) is 35.0 Å². The molecule has 0 saturated carbocycles. The molecule has 2 rings (SSSR count). The highest BCUT2D eigenvalue weighted by Gasteiger charge is 2.16. The zero-order valence-electron chi connectivity index (χ0n) is 12.3. The minimum Gasteiger partial charge on any atom is -0.326 e. The highest BCUT2D eigenvalue weighted by molar-refractivity contribution is 9.10.